The second-order valence-electron chi connectivity index (χ2n) is 5.95. The predicted molar refractivity (Wildman–Crippen MR) is 103 cm³/mol. The SMILES string of the molecule is COC(=O)N/N=C/c1c(Cl)n([C@@H]2O[C@H](CO)[C@@H](O)[C@H]2O)c2cc(Cl)c(Cl)cc12. The summed E-state index contributed by atoms with van der Waals surface area (Å²) < 4.78 is 11.4. The van der Waals surface area contributed by atoms with E-state index in [2.05, 4.69) is 15.3 Å². The number of hydrogen-bond donors (Lipinski definition) is 4. The van der Waals surface area contributed by atoms with E-state index in [0.29, 0.717) is 16.5 Å². The first-order chi connectivity index (χ1) is 13.3. The van der Waals surface area contributed by atoms with Crippen LogP contribution in [-0.2, 0) is 9.47 Å². The second-order valence-corrected chi connectivity index (χ2v) is 7.12. The molecule has 3 rings (SSSR count). The first-order valence-corrected chi connectivity index (χ1v) is 9.11. The van der Waals surface area contributed by atoms with Gasteiger partial charge in [0.15, 0.2) is 6.23 Å². The topological polar surface area (TPSA) is 126 Å². The molecule has 2 heterocycles. The van der Waals surface area contributed by atoms with E-state index in [0.717, 1.165) is 0 Å². The van der Waals surface area contributed by atoms with Gasteiger partial charge in [-0.05, 0) is 12.1 Å². The summed E-state index contributed by atoms with van der Waals surface area (Å²) in [4.78, 5) is 11.2. The Kier molecular flexibility index (Phi) is 6.35. The van der Waals surface area contributed by atoms with E-state index in [4.69, 9.17) is 39.5 Å². The lowest BCUT2D eigenvalue weighted by Crippen LogP contribution is -2.33. The molecule has 152 valence electrons. The zero-order valence-corrected chi connectivity index (χ0v) is 16.6. The van der Waals surface area contributed by atoms with Gasteiger partial charge in [-0.2, -0.15) is 5.10 Å². The lowest BCUT2D eigenvalue weighted by atomic mass is 10.1. The molecule has 4 N–H and O–H groups in total. The number of carbonyl (C=O) groups is 1. The Balaban J connectivity index is 2.14. The van der Waals surface area contributed by atoms with Gasteiger partial charge in [0.2, 0.25) is 0 Å². The highest BCUT2D eigenvalue weighted by Gasteiger charge is 2.44. The van der Waals surface area contributed by atoms with Crippen molar-refractivity contribution >= 4 is 58.0 Å². The fourth-order valence-electron chi connectivity index (χ4n) is 2.96. The highest BCUT2D eigenvalue weighted by molar-refractivity contribution is 6.43. The Morgan fingerprint density at radius 3 is 2.61 bits per heavy atom. The minimum Gasteiger partial charge on any atom is -0.452 e. The number of hydrazone groups is 1. The number of fused-ring (bicyclic) bond motifs is 1. The smallest absolute Gasteiger partial charge is 0.427 e. The molecule has 1 aromatic carbocycles. The molecule has 0 bridgehead atoms. The fraction of sp³-hybridized carbons (Fsp3) is 0.375. The van der Waals surface area contributed by atoms with E-state index in [1.807, 2.05) is 0 Å². The first-order valence-electron chi connectivity index (χ1n) is 7.98. The highest BCUT2D eigenvalue weighted by Crippen LogP contribution is 2.40. The van der Waals surface area contributed by atoms with Crippen LogP contribution < -0.4 is 5.43 Å². The minimum absolute atomic E-state index is 0.0820. The van der Waals surface area contributed by atoms with Gasteiger partial charge in [0.25, 0.3) is 0 Å². The van der Waals surface area contributed by atoms with Crippen molar-refractivity contribution in [1.29, 1.82) is 0 Å². The number of aliphatic hydroxyl groups excluding tert-OH is 3. The van der Waals surface area contributed by atoms with Crippen LogP contribution in [0.2, 0.25) is 15.2 Å². The van der Waals surface area contributed by atoms with Crippen molar-refractivity contribution in [1.82, 2.24) is 9.99 Å². The third kappa shape index (κ3) is 3.67. The molecular weight excluding hydrogens is 437 g/mol. The number of carbonyl (C=O) groups excluding carboxylic acids is 1. The Morgan fingerprint density at radius 2 is 2.00 bits per heavy atom. The quantitative estimate of drug-likeness (QED) is 0.415. The van der Waals surface area contributed by atoms with Crippen LogP contribution >= 0.6 is 34.8 Å². The Bertz CT molecular complexity index is 934. The van der Waals surface area contributed by atoms with Crippen molar-refractivity contribution in [3.8, 4) is 0 Å². The molecule has 9 nitrogen and oxygen atoms in total. The highest BCUT2D eigenvalue weighted by atomic mass is 35.5. The molecule has 1 aliphatic heterocycles. The zero-order chi connectivity index (χ0) is 20.6. The van der Waals surface area contributed by atoms with E-state index in [-0.39, 0.29) is 15.2 Å². The van der Waals surface area contributed by atoms with Gasteiger partial charge in [-0.15, -0.1) is 0 Å². The summed E-state index contributed by atoms with van der Waals surface area (Å²) in [6.07, 6.45) is -4.28. The molecule has 2 aromatic rings. The Hall–Kier alpha value is -1.59. The largest absolute Gasteiger partial charge is 0.452 e. The lowest BCUT2D eigenvalue weighted by Gasteiger charge is -2.19. The number of nitrogens with one attached hydrogen (secondary N) is 1. The summed E-state index contributed by atoms with van der Waals surface area (Å²) in [5, 5.41) is 34.6. The maximum absolute atomic E-state index is 11.2. The lowest BCUT2D eigenvalue weighted by molar-refractivity contribution is -0.0505. The van der Waals surface area contributed by atoms with E-state index < -0.39 is 37.2 Å². The number of amides is 1. The maximum atomic E-state index is 11.2. The van der Waals surface area contributed by atoms with Crippen LogP contribution in [-0.4, -0.2) is 64.2 Å². The molecule has 12 heteroatoms. The van der Waals surface area contributed by atoms with Gasteiger partial charge in [-0.3, -0.25) is 0 Å². The van der Waals surface area contributed by atoms with E-state index >= 15 is 0 Å². The Morgan fingerprint density at radius 1 is 1.32 bits per heavy atom. The van der Waals surface area contributed by atoms with Crippen LogP contribution in [0.1, 0.15) is 11.8 Å². The average molecular weight is 453 g/mol. The number of rotatable bonds is 4. The molecule has 0 unspecified atom stereocenters. The molecule has 1 fully saturated rings. The summed E-state index contributed by atoms with van der Waals surface area (Å²) >= 11 is 18.7. The van der Waals surface area contributed by atoms with Crippen LogP contribution in [0.25, 0.3) is 10.9 Å². The third-order valence-corrected chi connectivity index (χ3v) is 5.44. The van der Waals surface area contributed by atoms with Gasteiger partial charge in [0.05, 0.1) is 35.5 Å². The molecule has 0 radical (unpaired) electrons. The Labute approximate surface area is 174 Å². The molecule has 1 saturated heterocycles. The number of halogens is 3. The van der Waals surface area contributed by atoms with Crippen LogP contribution in [0.15, 0.2) is 17.2 Å². The van der Waals surface area contributed by atoms with Crippen molar-refractivity contribution in [2.75, 3.05) is 13.7 Å². The number of aromatic nitrogens is 1. The van der Waals surface area contributed by atoms with Gasteiger partial charge in [-0.25, -0.2) is 10.2 Å². The van der Waals surface area contributed by atoms with Crippen molar-refractivity contribution in [2.24, 2.45) is 5.10 Å². The van der Waals surface area contributed by atoms with Crippen LogP contribution in [0.3, 0.4) is 0 Å². The molecule has 1 aromatic heterocycles. The number of benzene rings is 1. The first kappa shape index (κ1) is 21.1. The molecule has 0 spiro atoms. The van der Waals surface area contributed by atoms with E-state index in [1.54, 1.807) is 6.07 Å². The molecule has 4 atom stereocenters. The third-order valence-electron chi connectivity index (χ3n) is 4.33. The summed E-state index contributed by atoms with van der Waals surface area (Å²) in [7, 11) is 1.19. The van der Waals surface area contributed by atoms with Gasteiger partial charge in [0, 0.05) is 10.9 Å². The molecule has 1 amide bonds. The average Bonchev–Trinajstić information content (AvgIpc) is 3.09. The van der Waals surface area contributed by atoms with E-state index in [9.17, 15) is 20.1 Å². The summed E-state index contributed by atoms with van der Waals surface area (Å²) in [5.74, 6) is 0. The summed E-state index contributed by atoms with van der Waals surface area (Å²) in [6.45, 7) is -0.491. The van der Waals surface area contributed by atoms with Gasteiger partial charge >= 0.3 is 6.09 Å². The standard InChI is InChI=1S/C16H16Cl3N3O6/c1-27-16(26)21-20-4-7-6-2-8(17)9(18)3-10(6)22(14(7)19)15-13(25)12(24)11(5-23)28-15/h2-4,11-13,15,23-25H,5H2,1H3,(H,21,26)/b20-4+/t11-,12-,13-,15-/m1/s1. The number of nitrogens with zero attached hydrogens (tertiary/aromatic N) is 2. The number of hydrogen-bond acceptors (Lipinski definition) is 7. The normalized spacial score (nSPS) is 25.0. The number of methoxy groups -OCH3 is 1. The fourth-order valence-corrected chi connectivity index (χ4v) is 3.62. The maximum Gasteiger partial charge on any atom is 0.427 e. The van der Waals surface area contributed by atoms with Gasteiger partial charge < -0.3 is 29.4 Å². The molecule has 1 aliphatic rings. The van der Waals surface area contributed by atoms with Gasteiger partial charge in [-0.1, -0.05) is 34.8 Å². The van der Waals surface area contributed by atoms with Crippen molar-refractivity contribution < 1.29 is 29.6 Å². The van der Waals surface area contributed by atoms with Crippen LogP contribution in [0.4, 0.5) is 4.79 Å². The summed E-state index contributed by atoms with van der Waals surface area (Å²) in [5.41, 5.74) is 2.93. The molecule has 0 aliphatic carbocycles. The van der Waals surface area contributed by atoms with Gasteiger partial charge in [0.1, 0.15) is 23.5 Å². The minimum atomic E-state index is -1.36. The monoisotopic (exact) mass is 451 g/mol. The second kappa shape index (κ2) is 8.42. The number of aliphatic hydroxyl groups is 3. The summed E-state index contributed by atoms with van der Waals surface area (Å²) in [6, 6.07) is 3.06. The zero-order valence-electron chi connectivity index (χ0n) is 14.3. The van der Waals surface area contributed by atoms with Crippen molar-refractivity contribution in [3.63, 3.8) is 0 Å². The predicted octanol–water partition coefficient (Wildman–Crippen LogP) is 1.90. The van der Waals surface area contributed by atoms with Crippen molar-refractivity contribution in [2.45, 2.75) is 24.5 Å². The van der Waals surface area contributed by atoms with Crippen LogP contribution in [0.5, 0.6) is 0 Å². The van der Waals surface area contributed by atoms with Crippen LogP contribution in [0, 0.1) is 0 Å². The molecule has 0 saturated carbocycles. The molecule has 28 heavy (non-hydrogen) atoms. The van der Waals surface area contributed by atoms with E-state index in [1.165, 1.54) is 24.0 Å². The van der Waals surface area contributed by atoms with Crippen molar-refractivity contribution in [3.05, 3.63) is 32.9 Å². The molecular formula is C16H16Cl3N3O6. The number of ether oxygens (including phenoxy) is 2.